The topological polar surface area (TPSA) is 78.3 Å². The van der Waals surface area contributed by atoms with E-state index < -0.39 is 6.17 Å². The van der Waals surface area contributed by atoms with Crippen LogP contribution < -0.4 is 5.32 Å². The predicted molar refractivity (Wildman–Crippen MR) is 149 cm³/mol. The van der Waals surface area contributed by atoms with Gasteiger partial charge >= 0.3 is 0 Å². The molecule has 0 spiro atoms. The van der Waals surface area contributed by atoms with Crippen LogP contribution in [0.4, 0.5) is 4.39 Å². The van der Waals surface area contributed by atoms with Crippen LogP contribution in [0.5, 0.6) is 0 Å². The van der Waals surface area contributed by atoms with E-state index >= 15 is 0 Å². The molecule has 1 unspecified atom stereocenters. The summed E-state index contributed by atoms with van der Waals surface area (Å²) < 4.78 is 15.5. The van der Waals surface area contributed by atoms with Crippen molar-refractivity contribution in [1.82, 2.24) is 29.8 Å². The number of hydrogen-bond donors (Lipinski definition) is 2. The second-order valence-electron chi connectivity index (χ2n) is 11.6. The molecule has 2 saturated heterocycles. The van der Waals surface area contributed by atoms with Gasteiger partial charge < -0.3 is 15.2 Å². The monoisotopic (exact) mass is 534 g/mol. The first-order chi connectivity index (χ1) is 18.4. The number of likely N-dealkylation sites (tertiary alicyclic amines) is 1. The molecule has 2 N–H and O–H groups in total. The van der Waals surface area contributed by atoms with Crippen molar-refractivity contribution in [1.29, 1.82) is 0 Å². The van der Waals surface area contributed by atoms with Gasteiger partial charge in [0.1, 0.15) is 17.3 Å². The number of aromatic amines is 1. The molecule has 0 saturated carbocycles. The Morgan fingerprint density at radius 1 is 1.21 bits per heavy atom. The molecule has 0 aromatic carbocycles. The zero-order chi connectivity index (χ0) is 26.1. The minimum atomic E-state index is -0.905. The maximum absolute atomic E-state index is 13.6. The average molecular weight is 535 g/mol. The second kappa shape index (κ2) is 9.16. The number of hydrogen-bond acceptors (Lipinski definition) is 5. The highest BCUT2D eigenvalue weighted by atomic mass is 32.1. The molecule has 200 valence electrons. The van der Waals surface area contributed by atoms with E-state index in [1.807, 2.05) is 20.8 Å². The van der Waals surface area contributed by atoms with Crippen molar-refractivity contribution in [3.05, 3.63) is 39.7 Å². The van der Waals surface area contributed by atoms with Gasteiger partial charge in [0.05, 0.1) is 11.7 Å². The number of alkyl halides is 1. The molecule has 38 heavy (non-hydrogen) atoms. The summed E-state index contributed by atoms with van der Waals surface area (Å²) in [5, 5.41) is 8.91. The third-order valence-electron chi connectivity index (χ3n) is 9.00. The van der Waals surface area contributed by atoms with E-state index in [1.165, 1.54) is 48.6 Å². The Hall–Kier alpha value is -2.78. The van der Waals surface area contributed by atoms with E-state index in [0.29, 0.717) is 24.8 Å². The molecule has 4 aromatic heterocycles. The fraction of sp³-hybridized carbons (Fsp3) is 0.552. The SMILES string of the molecule is Cc1c(C2CCN(C(=O)C3C[C@@H](F)CN3)CC2)sc2[nH]c(-c3cn4ncnc4c4c3CCC4)c(C(C)C)c12. The molecule has 3 aliphatic rings. The van der Waals surface area contributed by atoms with Crippen molar-refractivity contribution >= 4 is 33.1 Å². The zero-order valence-electron chi connectivity index (χ0n) is 22.3. The first-order valence-corrected chi connectivity index (χ1v) is 14.9. The molecule has 2 atom stereocenters. The fourth-order valence-electron chi connectivity index (χ4n) is 7.16. The van der Waals surface area contributed by atoms with Gasteiger partial charge in [0.2, 0.25) is 5.91 Å². The number of fused-ring (bicyclic) bond motifs is 4. The second-order valence-corrected chi connectivity index (χ2v) is 12.7. The van der Waals surface area contributed by atoms with E-state index in [1.54, 1.807) is 6.33 Å². The Kier molecular flexibility index (Phi) is 5.85. The number of halogens is 1. The van der Waals surface area contributed by atoms with Gasteiger partial charge in [0.15, 0.2) is 5.65 Å². The van der Waals surface area contributed by atoms with Crippen LogP contribution in [-0.2, 0) is 17.6 Å². The van der Waals surface area contributed by atoms with Crippen LogP contribution in [-0.4, -0.2) is 62.2 Å². The number of aromatic nitrogens is 4. The number of carbonyl (C=O) groups excluding carboxylic acids is 1. The van der Waals surface area contributed by atoms with Gasteiger partial charge in [-0.2, -0.15) is 5.10 Å². The molecule has 2 fully saturated rings. The molecule has 9 heteroatoms. The number of piperidine rings is 1. The Labute approximate surface area is 225 Å². The number of nitrogens with one attached hydrogen (secondary N) is 2. The highest BCUT2D eigenvalue weighted by molar-refractivity contribution is 7.19. The van der Waals surface area contributed by atoms with Gasteiger partial charge in [-0.3, -0.25) is 4.79 Å². The molecule has 7 nitrogen and oxygen atoms in total. The van der Waals surface area contributed by atoms with Crippen LogP contribution in [0, 0.1) is 6.92 Å². The van der Waals surface area contributed by atoms with Crippen LogP contribution >= 0.6 is 11.3 Å². The number of rotatable bonds is 4. The Bertz CT molecular complexity index is 1540. The van der Waals surface area contributed by atoms with Crippen molar-refractivity contribution in [2.45, 2.75) is 83.3 Å². The van der Waals surface area contributed by atoms with Crippen LogP contribution in [0.3, 0.4) is 0 Å². The predicted octanol–water partition coefficient (Wildman–Crippen LogP) is 5.27. The van der Waals surface area contributed by atoms with Gasteiger partial charge in [-0.25, -0.2) is 13.9 Å². The third-order valence-corrected chi connectivity index (χ3v) is 10.4. The summed E-state index contributed by atoms with van der Waals surface area (Å²) in [5.41, 5.74) is 9.06. The summed E-state index contributed by atoms with van der Waals surface area (Å²) in [5.74, 6) is 0.901. The quantitative estimate of drug-likeness (QED) is 0.374. The van der Waals surface area contributed by atoms with Crippen LogP contribution in [0.2, 0.25) is 0 Å². The van der Waals surface area contributed by atoms with Crippen molar-refractivity contribution < 1.29 is 9.18 Å². The smallest absolute Gasteiger partial charge is 0.239 e. The maximum Gasteiger partial charge on any atom is 0.239 e. The fourth-order valence-corrected chi connectivity index (χ4v) is 8.55. The third kappa shape index (κ3) is 3.72. The van der Waals surface area contributed by atoms with Gasteiger partial charge in [-0.15, -0.1) is 11.3 Å². The minimum Gasteiger partial charge on any atom is -0.346 e. The summed E-state index contributed by atoms with van der Waals surface area (Å²) in [6, 6.07) is -0.353. The maximum atomic E-state index is 13.6. The van der Waals surface area contributed by atoms with Crippen molar-refractivity contribution in [3.8, 4) is 11.3 Å². The lowest BCUT2D eigenvalue weighted by atomic mass is 9.89. The Morgan fingerprint density at radius 2 is 2.00 bits per heavy atom. The van der Waals surface area contributed by atoms with Crippen molar-refractivity contribution in [2.75, 3.05) is 19.6 Å². The summed E-state index contributed by atoms with van der Waals surface area (Å²) in [6.07, 6.45) is 8.46. The number of H-pyrrole nitrogens is 1. The normalized spacial score (nSPS) is 22.4. The number of thiophene rings is 1. The summed E-state index contributed by atoms with van der Waals surface area (Å²) >= 11 is 1.90. The number of carbonyl (C=O) groups is 1. The average Bonchev–Trinajstić information content (AvgIpc) is 3.71. The van der Waals surface area contributed by atoms with Gasteiger partial charge in [-0.05, 0) is 67.6 Å². The number of nitrogens with zero attached hydrogens (tertiary/aromatic N) is 4. The van der Waals surface area contributed by atoms with E-state index in [4.69, 9.17) is 0 Å². The molecule has 0 radical (unpaired) electrons. The highest BCUT2D eigenvalue weighted by Crippen LogP contribution is 2.47. The van der Waals surface area contributed by atoms with Gasteiger partial charge in [0.25, 0.3) is 0 Å². The molecule has 0 bridgehead atoms. The molecular weight excluding hydrogens is 499 g/mol. The molecule has 2 aliphatic heterocycles. The van der Waals surface area contributed by atoms with Crippen LogP contribution in [0.15, 0.2) is 12.5 Å². The lowest BCUT2D eigenvalue weighted by Crippen LogP contribution is -2.46. The summed E-state index contributed by atoms with van der Waals surface area (Å²) in [7, 11) is 0. The molecule has 1 amide bonds. The lowest BCUT2D eigenvalue weighted by molar-refractivity contribution is -0.134. The van der Waals surface area contributed by atoms with Crippen molar-refractivity contribution in [3.63, 3.8) is 0 Å². The lowest BCUT2D eigenvalue weighted by Gasteiger charge is -2.33. The van der Waals surface area contributed by atoms with Crippen molar-refractivity contribution in [2.24, 2.45) is 0 Å². The molecule has 4 aromatic rings. The molecule has 6 heterocycles. The van der Waals surface area contributed by atoms with E-state index in [2.05, 4.69) is 47.4 Å². The number of amides is 1. The van der Waals surface area contributed by atoms with Crippen LogP contribution in [0.25, 0.3) is 27.1 Å². The largest absolute Gasteiger partial charge is 0.346 e. The number of pyridine rings is 1. The standard InChI is InChI=1S/C29H35FN6OS/c1-15(2)23-24-16(3)26(17-7-9-35(10-8-17)29(37)22-11-18(30)12-31-22)38-28(24)34-25(23)21-13-36-27(32-14-33-36)20-6-4-5-19(20)21/h13-15,17-18,22,31,34H,4-12H2,1-3H3/t18-,22?/m1/s1. The Morgan fingerprint density at radius 3 is 2.74 bits per heavy atom. The minimum absolute atomic E-state index is 0.0715. The van der Waals surface area contributed by atoms with Crippen LogP contribution in [0.1, 0.15) is 78.5 Å². The highest BCUT2D eigenvalue weighted by Gasteiger charge is 2.35. The first-order valence-electron chi connectivity index (χ1n) is 14.1. The van der Waals surface area contributed by atoms with E-state index in [9.17, 15) is 9.18 Å². The van der Waals surface area contributed by atoms with Gasteiger partial charge in [0, 0.05) is 53.6 Å². The molecule has 1 aliphatic carbocycles. The van der Waals surface area contributed by atoms with E-state index in [0.717, 1.165) is 50.8 Å². The number of aryl methyl sites for hydroxylation is 2. The molecular formula is C29H35FN6OS. The molecule has 7 rings (SSSR count). The summed E-state index contributed by atoms with van der Waals surface area (Å²) in [4.78, 5) is 25.9. The first kappa shape index (κ1) is 24.3. The Balaban J connectivity index is 1.21. The van der Waals surface area contributed by atoms with Gasteiger partial charge in [-0.1, -0.05) is 13.8 Å². The van der Waals surface area contributed by atoms with E-state index in [-0.39, 0.29) is 11.9 Å². The summed E-state index contributed by atoms with van der Waals surface area (Å²) in [6.45, 7) is 8.65. The zero-order valence-corrected chi connectivity index (χ0v) is 23.1.